The van der Waals surface area contributed by atoms with E-state index in [-0.39, 0.29) is 5.91 Å². The van der Waals surface area contributed by atoms with Crippen molar-refractivity contribution in [2.24, 2.45) is 0 Å². The summed E-state index contributed by atoms with van der Waals surface area (Å²) in [6.45, 7) is 9.68. The van der Waals surface area contributed by atoms with Crippen LogP contribution in [0.25, 0.3) is 0 Å². The van der Waals surface area contributed by atoms with E-state index in [1.165, 1.54) is 4.88 Å². The van der Waals surface area contributed by atoms with Crippen molar-refractivity contribution in [1.82, 2.24) is 9.80 Å². The molecule has 0 radical (unpaired) electrons. The molecule has 1 aliphatic rings. The van der Waals surface area contributed by atoms with Crippen molar-refractivity contribution < 1.29 is 14.3 Å². The number of carbonyl (C=O) groups is 1. The Kier molecular flexibility index (Phi) is 7.74. The zero-order valence-corrected chi connectivity index (χ0v) is 17.7. The third-order valence-corrected chi connectivity index (χ3v) is 5.59. The van der Waals surface area contributed by atoms with Gasteiger partial charge in [0.2, 0.25) is 0 Å². The van der Waals surface area contributed by atoms with Gasteiger partial charge in [-0.3, -0.25) is 9.69 Å². The first-order chi connectivity index (χ1) is 13.7. The summed E-state index contributed by atoms with van der Waals surface area (Å²) in [4.78, 5) is 18.7. The minimum absolute atomic E-state index is 0.0687. The molecular formula is C22H30N2O3S. The standard InChI is InChI=1S/C22H30N2O3S/c1-3-13-26-20-8-7-18(16-21(20)27-14-4-2)22(25)24-11-9-23(10-12-24)17-19-6-5-15-28-19/h5-8,15-16H,3-4,9-14,17H2,1-2H3. The molecule has 1 amide bonds. The molecule has 152 valence electrons. The van der Waals surface area contributed by atoms with Crippen molar-refractivity contribution in [2.45, 2.75) is 33.2 Å². The van der Waals surface area contributed by atoms with Gasteiger partial charge in [0, 0.05) is 43.2 Å². The number of thiophene rings is 1. The summed E-state index contributed by atoms with van der Waals surface area (Å²) in [5, 5.41) is 2.11. The van der Waals surface area contributed by atoms with Crippen LogP contribution in [0.5, 0.6) is 11.5 Å². The highest BCUT2D eigenvalue weighted by atomic mass is 32.1. The highest BCUT2D eigenvalue weighted by molar-refractivity contribution is 7.09. The Morgan fingerprint density at radius 1 is 1.00 bits per heavy atom. The Balaban J connectivity index is 1.61. The number of carbonyl (C=O) groups excluding carboxylic acids is 1. The topological polar surface area (TPSA) is 42.0 Å². The van der Waals surface area contributed by atoms with Gasteiger partial charge in [0.05, 0.1) is 13.2 Å². The van der Waals surface area contributed by atoms with Crippen LogP contribution in [0.3, 0.4) is 0 Å². The Morgan fingerprint density at radius 3 is 2.36 bits per heavy atom. The molecule has 1 aliphatic heterocycles. The minimum Gasteiger partial charge on any atom is -0.490 e. The summed E-state index contributed by atoms with van der Waals surface area (Å²) in [6, 6.07) is 9.81. The highest BCUT2D eigenvalue weighted by Crippen LogP contribution is 2.29. The number of piperazine rings is 1. The lowest BCUT2D eigenvalue weighted by Crippen LogP contribution is -2.48. The Bertz CT molecular complexity index is 740. The molecule has 0 atom stereocenters. The van der Waals surface area contributed by atoms with Gasteiger partial charge < -0.3 is 14.4 Å². The fraction of sp³-hybridized carbons (Fsp3) is 0.500. The largest absolute Gasteiger partial charge is 0.490 e. The van der Waals surface area contributed by atoms with Gasteiger partial charge in [0.1, 0.15) is 0 Å². The third kappa shape index (κ3) is 5.49. The van der Waals surface area contributed by atoms with Crippen molar-refractivity contribution in [3.05, 3.63) is 46.2 Å². The molecule has 0 unspecified atom stereocenters. The maximum atomic E-state index is 13.0. The number of nitrogens with zero attached hydrogens (tertiary/aromatic N) is 2. The Morgan fingerprint density at radius 2 is 1.71 bits per heavy atom. The quantitative estimate of drug-likeness (QED) is 0.628. The van der Waals surface area contributed by atoms with E-state index in [1.54, 1.807) is 11.3 Å². The first-order valence-corrected chi connectivity index (χ1v) is 11.0. The molecular weight excluding hydrogens is 372 g/mol. The molecule has 0 spiro atoms. The second kappa shape index (κ2) is 10.5. The molecule has 1 aromatic carbocycles. The zero-order valence-electron chi connectivity index (χ0n) is 16.9. The molecule has 2 aromatic rings. The second-order valence-electron chi connectivity index (χ2n) is 7.01. The van der Waals surface area contributed by atoms with Crippen LogP contribution in [0.2, 0.25) is 0 Å². The Hall–Kier alpha value is -2.05. The van der Waals surface area contributed by atoms with E-state index >= 15 is 0 Å². The fourth-order valence-corrected chi connectivity index (χ4v) is 3.96. The van der Waals surface area contributed by atoms with Crippen molar-refractivity contribution in [2.75, 3.05) is 39.4 Å². The molecule has 28 heavy (non-hydrogen) atoms. The van der Waals surface area contributed by atoms with Crippen molar-refractivity contribution >= 4 is 17.2 Å². The van der Waals surface area contributed by atoms with Crippen LogP contribution < -0.4 is 9.47 Å². The predicted octanol–water partition coefficient (Wildman–Crippen LogP) is 4.28. The van der Waals surface area contributed by atoms with Gasteiger partial charge in [-0.1, -0.05) is 19.9 Å². The molecule has 1 aromatic heterocycles. The van der Waals surface area contributed by atoms with Crippen LogP contribution in [0.4, 0.5) is 0 Å². The lowest BCUT2D eigenvalue weighted by atomic mass is 10.1. The van der Waals surface area contributed by atoms with E-state index in [2.05, 4.69) is 36.3 Å². The van der Waals surface area contributed by atoms with Crippen molar-refractivity contribution in [3.8, 4) is 11.5 Å². The van der Waals surface area contributed by atoms with Crippen LogP contribution in [-0.4, -0.2) is 55.1 Å². The lowest BCUT2D eigenvalue weighted by Gasteiger charge is -2.34. The summed E-state index contributed by atoms with van der Waals surface area (Å²) in [6.07, 6.45) is 1.85. The van der Waals surface area contributed by atoms with Gasteiger partial charge >= 0.3 is 0 Å². The van der Waals surface area contributed by atoms with Crippen LogP contribution in [-0.2, 0) is 6.54 Å². The first kappa shape index (κ1) is 20.7. The van der Waals surface area contributed by atoms with E-state index in [0.717, 1.165) is 45.6 Å². The number of rotatable bonds is 9. The first-order valence-electron chi connectivity index (χ1n) is 10.1. The molecule has 1 fully saturated rings. The number of ether oxygens (including phenoxy) is 2. The molecule has 0 bridgehead atoms. The monoisotopic (exact) mass is 402 g/mol. The summed E-state index contributed by atoms with van der Waals surface area (Å²) in [7, 11) is 0. The molecule has 1 saturated heterocycles. The maximum Gasteiger partial charge on any atom is 0.254 e. The van der Waals surface area contributed by atoms with Gasteiger partial charge in [0.15, 0.2) is 11.5 Å². The minimum atomic E-state index is 0.0687. The molecule has 0 aliphatic carbocycles. The van der Waals surface area contributed by atoms with E-state index < -0.39 is 0 Å². The van der Waals surface area contributed by atoms with Gasteiger partial charge in [-0.25, -0.2) is 0 Å². The fourth-order valence-electron chi connectivity index (χ4n) is 3.21. The summed E-state index contributed by atoms with van der Waals surface area (Å²) >= 11 is 1.79. The number of benzene rings is 1. The average molecular weight is 403 g/mol. The van der Waals surface area contributed by atoms with Crippen LogP contribution in [0, 0.1) is 0 Å². The molecule has 6 heteroatoms. The smallest absolute Gasteiger partial charge is 0.254 e. The molecule has 0 saturated carbocycles. The van der Waals surface area contributed by atoms with Crippen LogP contribution >= 0.6 is 11.3 Å². The summed E-state index contributed by atoms with van der Waals surface area (Å²) in [5.74, 6) is 1.45. The number of amides is 1. The van der Waals surface area contributed by atoms with Crippen LogP contribution in [0.1, 0.15) is 41.9 Å². The predicted molar refractivity (Wildman–Crippen MR) is 114 cm³/mol. The van der Waals surface area contributed by atoms with Gasteiger partial charge in [-0.15, -0.1) is 11.3 Å². The summed E-state index contributed by atoms with van der Waals surface area (Å²) < 4.78 is 11.6. The second-order valence-corrected chi connectivity index (χ2v) is 8.04. The summed E-state index contributed by atoms with van der Waals surface area (Å²) in [5.41, 5.74) is 0.668. The molecule has 3 rings (SSSR count). The SMILES string of the molecule is CCCOc1ccc(C(=O)N2CCN(Cc3cccs3)CC2)cc1OCCC. The van der Waals surface area contributed by atoms with E-state index in [1.807, 2.05) is 23.1 Å². The Labute approximate surface area is 171 Å². The third-order valence-electron chi connectivity index (χ3n) is 4.73. The van der Waals surface area contributed by atoms with Gasteiger partial charge in [0.25, 0.3) is 5.91 Å². The number of hydrogen-bond donors (Lipinski definition) is 0. The van der Waals surface area contributed by atoms with E-state index in [0.29, 0.717) is 30.3 Å². The van der Waals surface area contributed by atoms with E-state index in [4.69, 9.17) is 9.47 Å². The van der Waals surface area contributed by atoms with Crippen molar-refractivity contribution in [1.29, 1.82) is 0 Å². The highest BCUT2D eigenvalue weighted by Gasteiger charge is 2.23. The van der Waals surface area contributed by atoms with E-state index in [9.17, 15) is 4.79 Å². The normalized spacial score (nSPS) is 14.9. The molecule has 5 nitrogen and oxygen atoms in total. The zero-order chi connectivity index (χ0) is 19.8. The number of hydrogen-bond acceptors (Lipinski definition) is 5. The maximum absolute atomic E-state index is 13.0. The average Bonchev–Trinajstić information content (AvgIpc) is 3.24. The molecule has 2 heterocycles. The molecule has 0 N–H and O–H groups in total. The van der Waals surface area contributed by atoms with Gasteiger partial charge in [-0.2, -0.15) is 0 Å². The lowest BCUT2D eigenvalue weighted by molar-refractivity contribution is 0.0629. The van der Waals surface area contributed by atoms with Crippen LogP contribution in [0.15, 0.2) is 35.7 Å². The van der Waals surface area contributed by atoms with Gasteiger partial charge in [-0.05, 0) is 42.5 Å². The van der Waals surface area contributed by atoms with Crippen molar-refractivity contribution in [3.63, 3.8) is 0 Å².